The molecule has 5 aliphatic rings. The third-order valence-electron chi connectivity index (χ3n) is 9.77. The third kappa shape index (κ3) is 4.24. The second kappa shape index (κ2) is 8.93. The zero-order chi connectivity index (χ0) is 23.4. The molecule has 8 rings (SSSR count). The van der Waals surface area contributed by atoms with Gasteiger partial charge in [-0.05, 0) is 118 Å². The van der Waals surface area contributed by atoms with Gasteiger partial charge in [-0.1, -0.05) is 35.8 Å². The third-order valence-corrected chi connectivity index (χ3v) is 10.9. The van der Waals surface area contributed by atoms with E-state index in [0.29, 0.717) is 5.92 Å². The Balaban J connectivity index is 1.04. The fraction of sp³-hybridized carbons (Fsp3) is 0.600. The summed E-state index contributed by atoms with van der Waals surface area (Å²) in [5, 5.41) is 11.5. The summed E-state index contributed by atoms with van der Waals surface area (Å²) in [5.74, 6) is 3.38. The van der Waals surface area contributed by atoms with Gasteiger partial charge in [-0.2, -0.15) is 0 Å². The van der Waals surface area contributed by atoms with Crippen LogP contribution in [0.3, 0.4) is 0 Å². The van der Waals surface area contributed by atoms with Gasteiger partial charge in [0, 0.05) is 13.1 Å². The van der Waals surface area contributed by atoms with Gasteiger partial charge < -0.3 is 14.4 Å². The average Bonchev–Trinajstić information content (AvgIpc) is 3.01. The van der Waals surface area contributed by atoms with E-state index in [-0.39, 0.29) is 11.5 Å². The molecule has 5 fully saturated rings. The first-order chi connectivity index (χ1) is 17.1. The summed E-state index contributed by atoms with van der Waals surface area (Å²) in [4.78, 5) is 2.57. The number of aromatic nitrogens is 1. The van der Waals surface area contributed by atoms with Crippen LogP contribution in [-0.2, 0) is 6.54 Å². The minimum absolute atomic E-state index is 0.130. The Kier molecular flexibility index (Phi) is 5.71. The molecule has 1 aromatic heterocycles. The first kappa shape index (κ1) is 22.4. The number of aliphatic hydroxyl groups excluding tert-OH is 1. The molecule has 1 saturated heterocycles. The van der Waals surface area contributed by atoms with Crippen molar-refractivity contribution in [3.05, 3.63) is 48.5 Å². The van der Waals surface area contributed by atoms with Gasteiger partial charge >= 0.3 is 0 Å². The fourth-order valence-corrected chi connectivity index (χ4v) is 9.50. The number of nitrogens with zero attached hydrogens (tertiary/aromatic N) is 2. The molecule has 2 aromatic carbocycles. The summed E-state index contributed by atoms with van der Waals surface area (Å²) >= 11 is 1.81. The number of β-amino-alcohol motifs (C(OH)–C–C–N with tert-alkyl or cyclic N) is 1. The summed E-state index contributed by atoms with van der Waals surface area (Å²) < 4.78 is 9.92. The van der Waals surface area contributed by atoms with E-state index in [1.54, 1.807) is 0 Å². The van der Waals surface area contributed by atoms with Crippen LogP contribution in [0.15, 0.2) is 52.9 Å². The molecule has 1 aliphatic heterocycles. The van der Waals surface area contributed by atoms with E-state index in [1.165, 1.54) is 61.6 Å². The van der Waals surface area contributed by atoms with Gasteiger partial charge in [-0.3, -0.25) is 3.96 Å². The van der Waals surface area contributed by atoms with Crippen molar-refractivity contribution in [3.63, 3.8) is 0 Å². The highest BCUT2D eigenvalue weighted by Crippen LogP contribution is 2.61. The number of piperidine rings is 1. The number of aliphatic hydroxyl groups is 1. The van der Waals surface area contributed by atoms with E-state index in [9.17, 15) is 5.11 Å². The monoisotopic (exact) mass is 490 g/mol. The molecule has 0 radical (unpaired) electrons. The van der Waals surface area contributed by atoms with Crippen LogP contribution in [0.1, 0.15) is 51.4 Å². The van der Waals surface area contributed by atoms with Crippen LogP contribution >= 0.6 is 11.5 Å². The predicted octanol–water partition coefficient (Wildman–Crippen LogP) is 6.86. The molecule has 186 valence electrons. The Morgan fingerprint density at radius 1 is 0.886 bits per heavy atom. The van der Waals surface area contributed by atoms with Crippen molar-refractivity contribution in [1.82, 2.24) is 8.86 Å². The Morgan fingerprint density at radius 3 is 2.23 bits per heavy atom. The van der Waals surface area contributed by atoms with Crippen molar-refractivity contribution in [2.45, 2.75) is 64.0 Å². The standard InChI is InChI=1S/C30H38N2O2S/c33-29(30-16-22-13-23(17-30)15-24(14-22)18-30)20-31-11-9-21(10-12-31)19-32-25-5-1-2-6-26(25)34-27-7-3-4-8-28(27)35-32/h1-8,21-24,29,33H,9-20H2. The highest BCUT2D eigenvalue weighted by molar-refractivity contribution is 7.13. The molecule has 1 unspecified atom stereocenters. The maximum Gasteiger partial charge on any atom is 0.151 e. The fourth-order valence-electron chi connectivity index (χ4n) is 8.39. The lowest BCUT2D eigenvalue weighted by atomic mass is 9.48. The molecule has 2 heterocycles. The molecule has 4 aliphatic carbocycles. The normalized spacial score (nSPS) is 31.9. The van der Waals surface area contributed by atoms with Crippen molar-refractivity contribution < 1.29 is 9.52 Å². The van der Waals surface area contributed by atoms with E-state index in [0.717, 1.165) is 55.1 Å². The van der Waals surface area contributed by atoms with Gasteiger partial charge in [0.1, 0.15) is 5.58 Å². The number of hydrogen-bond acceptors (Lipinski definition) is 4. The molecular formula is C30H38N2O2S. The minimum atomic E-state index is -0.130. The molecule has 3 aromatic rings. The Bertz CT molecular complexity index is 1210. The topological polar surface area (TPSA) is 41.5 Å². The maximum absolute atomic E-state index is 11.5. The van der Waals surface area contributed by atoms with E-state index in [2.05, 4.69) is 51.3 Å². The summed E-state index contributed by atoms with van der Waals surface area (Å²) in [7, 11) is 0. The highest BCUT2D eigenvalue weighted by atomic mass is 32.1. The van der Waals surface area contributed by atoms with Crippen LogP contribution in [0, 0.1) is 29.1 Å². The number of benzene rings is 2. The van der Waals surface area contributed by atoms with Crippen molar-refractivity contribution in [2.75, 3.05) is 19.6 Å². The number of likely N-dealkylation sites (tertiary alicyclic amines) is 1. The molecule has 0 spiro atoms. The Hall–Kier alpha value is -1.82. The Labute approximate surface area is 212 Å². The van der Waals surface area contributed by atoms with Crippen molar-refractivity contribution in [2.24, 2.45) is 29.1 Å². The van der Waals surface area contributed by atoms with Crippen LogP contribution in [0.2, 0.25) is 0 Å². The molecular weight excluding hydrogens is 452 g/mol. The van der Waals surface area contributed by atoms with Crippen LogP contribution in [0.25, 0.3) is 21.4 Å². The first-order valence-corrected chi connectivity index (χ1v) is 14.6. The lowest BCUT2D eigenvalue weighted by Gasteiger charge is -2.59. The van der Waals surface area contributed by atoms with Crippen LogP contribution in [0.5, 0.6) is 0 Å². The van der Waals surface area contributed by atoms with Crippen molar-refractivity contribution >= 4 is 32.9 Å². The summed E-state index contributed by atoms with van der Waals surface area (Å²) in [6, 6.07) is 16.8. The number of para-hydroxylation sites is 3. The van der Waals surface area contributed by atoms with Crippen LogP contribution in [0.4, 0.5) is 0 Å². The molecule has 1 atom stereocenters. The van der Waals surface area contributed by atoms with E-state index in [1.807, 2.05) is 17.6 Å². The minimum Gasteiger partial charge on any atom is -0.454 e. The predicted molar refractivity (Wildman–Crippen MR) is 143 cm³/mol. The van der Waals surface area contributed by atoms with Gasteiger partial charge in [-0.25, -0.2) is 0 Å². The summed E-state index contributed by atoms with van der Waals surface area (Å²) in [5.41, 5.74) is 3.31. The van der Waals surface area contributed by atoms with Gasteiger partial charge in [0.2, 0.25) is 0 Å². The van der Waals surface area contributed by atoms with Crippen LogP contribution < -0.4 is 0 Å². The number of fused-ring (bicyclic) bond motifs is 2. The number of hydrogen-bond donors (Lipinski definition) is 1. The van der Waals surface area contributed by atoms with Gasteiger partial charge in [0.05, 0.1) is 16.3 Å². The quantitative estimate of drug-likeness (QED) is 0.425. The second-order valence-corrected chi connectivity index (χ2v) is 13.3. The number of rotatable bonds is 5. The highest BCUT2D eigenvalue weighted by Gasteiger charge is 2.54. The average molecular weight is 491 g/mol. The molecule has 5 heteroatoms. The molecule has 4 saturated carbocycles. The lowest BCUT2D eigenvalue weighted by Crippen LogP contribution is -2.55. The van der Waals surface area contributed by atoms with Gasteiger partial charge in [-0.15, -0.1) is 0 Å². The van der Waals surface area contributed by atoms with Gasteiger partial charge in [0.25, 0.3) is 0 Å². The van der Waals surface area contributed by atoms with E-state index in [4.69, 9.17) is 4.42 Å². The molecule has 0 amide bonds. The second-order valence-electron chi connectivity index (χ2n) is 12.2. The van der Waals surface area contributed by atoms with Crippen molar-refractivity contribution in [1.29, 1.82) is 0 Å². The molecule has 1 N–H and O–H groups in total. The molecule has 4 nitrogen and oxygen atoms in total. The smallest absolute Gasteiger partial charge is 0.151 e. The summed E-state index contributed by atoms with van der Waals surface area (Å²) in [6.07, 6.45) is 10.5. The molecule has 4 bridgehead atoms. The first-order valence-electron chi connectivity index (χ1n) is 13.9. The zero-order valence-corrected chi connectivity index (χ0v) is 21.5. The molecule has 35 heavy (non-hydrogen) atoms. The van der Waals surface area contributed by atoms with E-state index < -0.39 is 0 Å². The van der Waals surface area contributed by atoms with E-state index >= 15 is 0 Å². The summed E-state index contributed by atoms with van der Waals surface area (Å²) in [6.45, 7) is 4.15. The lowest BCUT2D eigenvalue weighted by molar-refractivity contribution is -0.128. The maximum atomic E-state index is 11.5. The van der Waals surface area contributed by atoms with Crippen LogP contribution in [-0.4, -0.2) is 39.7 Å². The Morgan fingerprint density at radius 2 is 1.51 bits per heavy atom. The van der Waals surface area contributed by atoms with Crippen molar-refractivity contribution in [3.8, 4) is 0 Å². The zero-order valence-electron chi connectivity index (χ0n) is 20.6. The van der Waals surface area contributed by atoms with Gasteiger partial charge in [0.15, 0.2) is 5.58 Å². The SMILES string of the molecule is OC(CN1CCC(Cn2sc3ccccc3oc3ccccc32)CC1)C12CC3CC(CC(C3)C1)C2. The largest absolute Gasteiger partial charge is 0.454 e.